The lowest BCUT2D eigenvalue weighted by Gasteiger charge is -2.48. The van der Waals surface area contributed by atoms with Gasteiger partial charge in [-0.15, -0.1) is 0 Å². The molecule has 5 nitrogen and oxygen atoms in total. The van der Waals surface area contributed by atoms with Crippen molar-refractivity contribution in [3.05, 3.63) is 29.3 Å². The summed E-state index contributed by atoms with van der Waals surface area (Å²) in [5.74, 6) is 1.75. The predicted molar refractivity (Wildman–Crippen MR) is 104 cm³/mol. The summed E-state index contributed by atoms with van der Waals surface area (Å²) >= 11 is 0. The number of methoxy groups -OCH3 is 1. The van der Waals surface area contributed by atoms with Crippen LogP contribution in [0, 0.1) is 18.3 Å². The Morgan fingerprint density at radius 2 is 2.07 bits per heavy atom. The quantitative estimate of drug-likeness (QED) is 0.817. The fraction of sp³-hybridized carbons (Fsp3) is 0.636. The summed E-state index contributed by atoms with van der Waals surface area (Å²) in [7, 11) is 1.62. The molecule has 1 spiro atoms. The van der Waals surface area contributed by atoms with Crippen LogP contribution in [0.15, 0.2) is 18.2 Å². The number of ether oxygens (including phenoxy) is 1. The lowest BCUT2D eigenvalue weighted by Crippen LogP contribution is -2.55. The van der Waals surface area contributed by atoms with E-state index in [1.54, 1.807) is 7.11 Å². The molecule has 0 radical (unpaired) electrons. The highest BCUT2D eigenvalue weighted by molar-refractivity contribution is 5.97. The van der Waals surface area contributed by atoms with Crippen molar-refractivity contribution in [1.29, 1.82) is 0 Å². The van der Waals surface area contributed by atoms with Gasteiger partial charge in [0.25, 0.3) is 5.91 Å². The maximum atomic E-state index is 13.3. The van der Waals surface area contributed by atoms with Gasteiger partial charge in [0.1, 0.15) is 5.75 Å². The normalized spacial score (nSPS) is 25.8. The zero-order valence-corrected chi connectivity index (χ0v) is 16.5. The lowest BCUT2D eigenvalue weighted by atomic mass is 9.73. The first-order valence-corrected chi connectivity index (χ1v) is 10.2. The summed E-state index contributed by atoms with van der Waals surface area (Å²) in [6.07, 6.45) is 6.16. The SMILES string of the molecule is COc1c(C)cccc1C(=O)N1CCC[C@]2(CCC(=O)N(CC3CC3)C2)C1. The van der Waals surface area contributed by atoms with Gasteiger partial charge in [0.05, 0.1) is 12.7 Å². The molecular weight excluding hydrogens is 340 g/mol. The van der Waals surface area contributed by atoms with Crippen molar-refractivity contribution in [2.45, 2.75) is 45.4 Å². The van der Waals surface area contributed by atoms with Crippen molar-refractivity contribution < 1.29 is 14.3 Å². The standard InChI is InChI=1S/C22H30N2O3/c1-16-5-3-6-18(20(16)27-2)21(26)23-12-4-10-22(14-23)11-9-19(25)24(15-22)13-17-7-8-17/h3,5-6,17H,4,7-15H2,1-2H3/t22-/m0/s1. The summed E-state index contributed by atoms with van der Waals surface area (Å²) in [4.78, 5) is 29.7. The van der Waals surface area contributed by atoms with Crippen molar-refractivity contribution in [3.8, 4) is 5.75 Å². The first-order valence-electron chi connectivity index (χ1n) is 10.2. The van der Waals surface area contributed by atoms with Gasteiger partial charge in [0.2, 0.25) is 5.91 Å². The highest BCUT2D eigenvalue weighted by Gasteiger charge is 2.44. The second-order valence-electron chi connectivity index (χ2n) is 8.70. The average molecular weight is 370 g/mol. The van der Waals surface area contributed by atoms with Crippen LogP contribution in [0.4, 0.5) is 0 Å². The van der Waals surface area contributed by atoms with Gasteiger partial charge in [-0.05, 0) is 56.6 Å². The van der Waals surface area contributed by atoms with Gasteiger partial charge < -0.3 is 14.5 Å². The number of hydrogen-bond donors (Lipinski definition) is 0. The van der Waals surface area contributed by atoms with Gasteiger partial charge in [0, 0.05) is 38.0 Å². The number of likely N-dealkylation sites (tertiary alicyclic amines) is 2. The molecule has 4 rings (SSSR count). The van der Waals surface area contributed by atoms with Crippen LogP contribution in [-0.2, 0) is 4.79 Å². The number of rotatable bonds is 4. The average Bonchev–Trinajstić information content (AvgIpc) is 3.48. The minimum Gasteiger partial charge on any atom is -0.496 e. The summed E-state index contributed by atoms with van der Waals surface area (Å²) in [5, 5.41) is 0. The van der Waals surface area contributed by atoms with Gasteiger partial charge in [-0.1, -0.05) is 12.1 Å². The van der Waals surface area contributed by atoms with Crippen LogP contribution in [0.3, 0.4) is 0 Å². The molecule has 2 amide bonds. The number of carbonyl (C=O) groups is 2. The van der Waals surface area contributed by atoms with Crippen LogP contribution in [-0.4, -0.2) is 54.9 Å². The summed E-state index contributed by atoms with van der Waals surface area (Å²) in [6, 6.07) is 5.75. The van der Waals surface area contributed by atoms with E-state index in [0.29, 0.717) is 29.6 Å². The maximum Gasteiger partial charge on any atom is 0.257 e. The van der Waals surface area contributed by atoms with Crippen molar-refractivity contribution >= 4 is 11.8 Å². The Morgan fingerprint density at radius 3 is 2.81 bits per heavy atom. The van der Waals surface area contributed by atoms with E-state index < -0.39 is 0 Å². The number of carbonyl (C=O) groups excluding carboxylic acids is 2. The Bertz CT molecular complexity index is 743. The van der Waals surface area contributed by atoms with E-state index in [9.17, 15) is 9.59 Å². The van der Waals surface area contributed by atoms with Gasteiger partial charge >= 0.3 is 0 Å². The number of para-hydroxylation sites is 1. The molecule has 0 N–H and O–H groups in total. The molecule has 0 aromatic heterocycles. The molecule has 1 aromatic carbocycles. The Labute approximate surface area is 161 Å². The number of piperidine rings is 2. The van der Waals surface area contributed by atoms with Crippen molar-refractivity contribution in [2.75, 3.05) is 33.3 Å². The molecular formula is C22H30N2O3. The lowest BCUT2D eigenvalue weighted by molar-refractivity contribution is -0.139. The van der Waals surface area contributed by atoms with E-state index in [4.69, 9.17) is 4.74 Å². The second kappa shape index (κ2) is 7.17. The molecule has 5 heteroatoms. The molecule has 3 aliphatic rings. The number of nitrogens with zero attached hydrogens (tertiary/aromatic N) is 2. The Balaban J connectivity index is 1.51. The van der Waals surface area contributed by atoms with Crippen molar-refractivity contribution in [2.24, 2.45) is 11.3 Å². The first-order chi connectivity index (χ1) is 13.0. The van der Waals surface area contributed by atoms with E-state index in [1.807, 2.05) is 30.0 Å². The van der Waals surface area contributed by atoms with Crippen molar-refractivity contribution in [1.82, 2.24) is 9.80 Å². The van der Waals surface area contributed by atoms with Crippen LogP contribution in [0.1, 0.15) is 54.4 Å². The van der Waals surface area contributed by atoms with E-state index >= 15 is 0 Å². The summed E-state index contributed by atoms with van der Waals surface area (Å²) in [6.45, 7) is 5.23. The Kier molecular flexibility index (Phi) is 4.87. The Morgan fingerprint density at radius 1 is 1.26 bits per heavy atom. The predicted octanol–water partition coefficient (Wildman–Crippen LogP) is 3.26. The van der Waals surface area contributed by atoms with E-state index in [1.165, 1.54) is 12.8 Å². The largest absolute Gasteiger partial charge is 0.496 e. The molecule has 1 aliphatic carbocycles. The molecule has 1 atom stereocenters. The third kappa shape index (κ3) is 3.69. The van der Waals surface area contributed by atoms with Crippen LogP contribution < -0.4 is 4.74 Å². The van der Waals surface area contributed by atoms with E-state index in [2.05, 4.69) is 4.90 Å². The minimum atomic E-state index is 0.0558. The van der Waals surface area contributed by atoms with Crippen LogP contribution in [0.2, 0.25) is 0 Å². The number of benzene rings is 1. The second-order valence-corrected chi connectivity index (χ2v) is 8.70. The third-order valence-corrected chi connectivity index (χ3v) is 6.52. The molecule has 1 saturated carbocycles. The summed E-state index contributed by atoms with van der Waals surface area (Å²) in [5.41, 5.74) is 1.69. The van der Waals surface area contributed by atoms with Crippen LogP contribution in [0.5, 0.6) is 5.75 Å². The number of aryl methyl sites for hydroxylation is 1. The van der Waals surface area contributed by atoms with Crippen molar-refractivity contribution in [3.63, 3.8) is 0 Å². The fourth-order valence-electron chi connectivity index (χ4n) is 4.86. The summed E-state index contributed by atoms with van der Waals surface area (Å²) < 4.78 is 5.51. The zero-order chi connectivity index (χ0) is 19.0. The smallest absolute Gasteiger partial charge is 0.257 e. The zero-order valence-electron chi connectivity index (χ0n) is 16.5. The molecule has 2 aliphatic heterocycles. The molecule has 0 unspecified atom stereocenters. The fourth-order valence-corrected chi connectivity index (χ4v) is 4.86. The molecule has 2 heterocycles. The van der Waals surface area contributed by atoms with Gasteiger partial charge in [-0.2, -0.15) is 0 Å². The molecule has 3 fully saturated rings. The molecule has 0 bridgehead atoms. The first kappa shape index (κ1) is 18.3. The number of hydrogen-bond acceptors (Lipinski definition) is 3. The van der Waals surface area contributed by atoms with Crippen LogP contribution >= 0.6 is 0 Å². The van der Waals surface area contributed by atoms with Gasteiger partial charge in [0.15, 0.2) is 0 Å². The minimum absolute atomic E-state index is 0.0558. The topological polar surface area (TPSA) is 49.9 Å². The van der Waals surface area contributed by atoms with E-state index in [-0.39, 0.29) is 11.3 Å². The Hall–Kier alpha value is -2.04. The molecule has 1 aromatic rings. The van der Waals surface area contributed by atoms with E-state index in [0.717, 1.165) is 51.0 Å². The monoisotopic (exact) mass is 370 g/mol. The molecule has 146 valence electrons. The molecule has 27 heavy (non-hydrogen) atoms. The number of amides is 2. The maximum absolute atomic E-state index is 13.3. The van der Waals surface area contributed by atoms with Gasteiger partial charge in [-0.3, -0.25) is 9.59 Å². The highest BCUT2D eigenvalue weighted by Crippen LogP contribution is 2.41. The van der Waals surface area contributed by atoms with Gasteiger partial charge in [-0.25, -0.2) is 0 Å². The van der Waals surface area contributed by atoms with Crippen LogP contribution in [0.25, 0.3) is 0 Å². The highest BCUT2D eigenvalue weighted by atomic mass is 16.5. The molecule has 2 saturated heterocycles. The third-order valence-electron chi connectivity index (χ3n) is 6.52.